The van der Waals surface area contributed by atoms with Crippen LogP contribution in [0.15, 0.2) is 18.3 Å². The summed E-state index contributed by atoms with van der Waals surface area (Å²) in [5, 5.41) is 7.21. The lowest BCUT2D eigenvalue weighted by Gasteiger charge is -1.97. The molecule has 0 saturated heterocycles. The van der Waals surface area contributed by atoms with E-state index in [-0.39, 0.29) is 0 Å². The molecule has 1 aliphatic rings. The lowest BCUT2D eigenvalue weighted by molar-refractivity contribution is 0.935. The first kappa shape index (κ1) is 9.47. The molecule has 3 N–H and O–H groups in total. The van der Waals surface area contributed by atoms with Crippen molar-refractivity contribution in [3.8, 4) is 11.4 Å². The summed E-state index contributed by atoms with van der Waals surface area (Å²) < 4.78 is 0. The van der Waals surface area contributed by atoms with Crippen LogP contribution in [0.5, 0.6) is 0 Å². The molecule has 2 heterocycles. The van der Waals surface area contributed by atoms with Crippen molar-refractivity contribution in [3.05, 3.63) is 29.8 Å². The van der Waals surface area contributed by atoms with Crippen LogP contribution in [0.3, 0.4) is 0 Å². The molecule has 0 spiro atoms. The first-order valence-electron chi connectivity index (χ1n) is 5.44. The highest BCUT2D eigenvalue weighted by Gasteiger charge is 2.27. The Labute approximate surface area is 93.1 Å². The van der Waals surface area contributed by atoms with Gasteiger partial charge in [-0.3, -0.25) is 10.1 Å². The molecule has 3 rings (SSSR count). The van der Waals surface area contributed by atoms with Gasteiger partial charge in [0.05, 0.1) is 5.69 Å². The molecule has 82 valence electrons. The Kier molecular flexibility index (Phi) is 2.18. The zero-order chi connectivity index (χ0) is 11.0. The molecule has 1 fully saturated rings. The summed E-state index contributed by atoms with van der Waals surface area (Å²) in [6.07, 6.45) is 4.18. The number of aromatic amines is 1. The highest BCUT2D eigenvalue weighted by atomic mass is 15.2. The fraction of sp³-hybridized carbons (Fsp3) is 0.364. The van der Waals surface area contributed by atoms with Crippen molar-refractivity contribution >= 4 is 0 Å². The average molecular weight is 215 g/mol. The van der Waals surface area contributed by atoms with E-state index in [2.05, 4.69) is 20.2 Å². The van der Waals surface area contributed by atoms with Gasteiger partial charge in [0, 0.05) is 24.2 Å². The van der Waals surface area contributed by atoms with Crippen LogP contribution in [0.2, 0.25) is 0 Å². The van der Waals surface area contributed by atoms with Crippen molar-refractivity contribution in [2.75, 3.05) is 0 Å². The number of hydrogen-bond acceptors (Lipinski definition) is 4. The van der Waals surface area contributed by atoms with Crippen LogP contribution in [0, 0.1) is 0 Å². The molecular formula is C11H13N5. The van der Waals surface area contributed by atoms with Gasteiger partial charge in [-0.2, -0.15) is 5.10 Å². The van der Waals surface area contributed by atoms with Gasteiger partial charge in [0.2, 0.25) is 0 Å². The Balaban J connectivity index is 1.93. The van der Waals surface area contributed by atoms with Gasteiger partial charge in [-0.25, -0.2) is 4.98 Å². The second-order valence-electron chi connectivity index (χ2n) is 4.06. The fourth-order valence-corrected chi connectivity index (χ4v) is 1.67. The van der Waals surface area contributed by atoms with Crippen LogP contribution >= 0.6 is 0 Å². The summed E-state index contributed by atoms with van der Waals surface area (Å²) in [5.41, 5.74) is 7.38. The van der Waals surface area contributed by atoms with E-state index in [0.29, 0.717) is 12.5 Å². The predicted molar refractivity (Wildman–Crippen MR) is 59.5 cm³/mol. The largest absolute Gasteiger partial charge is 0.325 e. The monoisotopic (exact) mass is 215 g/mol. The molecule has 5 nitrogen and oxygen atoms in total. The molecule has 0 amide bonds. The quantitative estimate of drug-likeness (QED) is 0.806. The Hall–Kier alpha value is -1.75. The summed E-state index contributed by atoms with van der Waals surface area (Å²) >= 11 is 0. The van der Waals surface area contributed by atoms with E-state index < -0.39 is 0 Å². The van der Waals surface area contributed by atoms with Gasteiger partial charge < -0.3 is 5.73 Å². The molecule has 2 aromatic heterocycles. The number of aromatic nitrogens is 4. The van der Waals surface area contributed by atoms with Crippen LogP contribution in [0.1, 0.15) is 30.3 Å². The minimum atomic E-state index is 0.438. The van der Waals surface area contributed by atoms with Gasteiger partial charge >= 0.3 is 0 Å². The third-order valence-electron chi connectivity index (χ3n) is 2.75. The summed E-state index contributed by atoms with van der Waals surface area (Å²) in [6, 6.07) is 3.83. The number of H-pyrrole nitrogens is 1. The van der Waals surface area contributed by atoms with Gasteiger partial charge in [0.25, 0.3) is 0 Å². The van der Waals surface area contributed by atoms with Gasteiger partial charge in [0.1, 0.15) is 5.82 Å². The molecule has 1 saturated carbocycles. The normalized spacial score (nSPS) is 15.3. The third-order valence-corrected chi connectivity index (χ3v) is 2.75. The van der Waals surface area contributed by atoms with Crippen molar-refractivity contribution in [2.45, 2.75) is 25.3 Å². The van der Waals surface area contributed by atoms with Gasteiger partial charge in [-0.05, 0) is 25.0 Å². The number of pyridine rings is 1. The predicted octanol–water partition coefficient (Wildman–Crippen LogP) is 1.20. The van der Waals surface area contributed by atoms with Crippen LogP contribution in [-0.2, 0) is 6.54 Å². The Morgan fingerprint density at radius 1 is 1.44 bits per heavy atom. The van der Waals surface area contributed by atoms with Crippen molar-refractivity contribution < 1.29 is 0 Å². The summed E-state index contributed by atoms with van der Waals surface area (Å²) in [5.74, 6) is 2.33. The zero-order valence-electron chi connectivity index (χ0n) is 8.85. The maximum atomic E-state index is 5.55. The van der Waals surface area contributed by atoms with Gasteiger partial charge in [0.15, 0.2) is 5.82 Å². The summed E-state index contributed by atoms with van der Waals surface area (Å²) in [7, 11) is 0. The molecule has 0 atom stereocenters. The van der Waals surface area contributed by atoms with Crippen molar-refractivity contribution in [3.63, 3.8) is 0 Å². The highest BCUT2D eigenvalue weighted by Crippen LogP contribution is 2.38. The lowest BCUT2D eigenvalue weighted by Crippen LogP contribution is -1.99. The van der Waals surface area contributed by atoms with Crippen molar-refractivity contribution in [1.29, 1.82) is 0 Å². The fourth-order valence-electron chi connectivity index (χ4n) is 1.67. The van der Waals surface area contributed by atoms with E-state index in [0.717, 1.165) is 22.9 Å². The van der Waals surface area contributed by atoms with Crippen molar-refractivity contribution in [2.24, 2.45) is 5.73 Å². The molecule has 16 heavy (non-hydrogen) atoms. The van der Waals surface area contributed by atoms with E-state index in [1.807, 2.05) is 12.1 Å². The second kappa shape index (κ2) is 3.68. The molecule has 0 radical (unpaired) electrons. The zero-order valence-corrected chi connectivity index (χ0v) is 8.85. The standard InChI is InChI=1S/C11H13N5/c12-6-9-5-8(3-4-13-9)11-14-10(15-16-11)7-1-2-7/h3-5,7H,1-2,6,12H2,(H,14,15,16). The van der Waals surface area contributed by atoms with Gasteiger partial charge in [-0.15, -0.1) is 0 Å². The molecular weight excluding hydrogens is 202 g/mol. The first-order valence-corrected chi connectivity index (χ1v) is 5.44. The Bertz CT molecular complexity index is 501. The van der Waals surface area contributed by atoms with Crippen molar-refractivity contribution in [1.82, 2.24) is 20.2 Å². The molecule has 0 aliphatic heterocycles. The van der Waals surface area contributed by atoms with Gasteiger partial charge in [-0.1, -0.05) is 0 Å². The number of rotatable bonds is 3. The van der Waals surface area contributed by atoms with Crippen LogP contribution in [-0.4, -0.2) is 20.2 Å². The number of nitrogens with zero attached hydrogens (tertiary/aromatic N) is 3. The highest BCUT2D eigenvalue weighted by molar-refractivity contribution is 5.54. The minimum Gasteiger partial charge on any atom is -0.325 e. The third kappa shape index (κ3) is 1.69. The summed E-state index contributed by atoms with van der Waals surface area (Å²) in [6.45, 7) is 0.438. The number of nitrogens with one attached hydrogen (secondary N) is 1. The Morgan fingerprint density at radius 2 is 2.31 bits per heavy atom. The minimum absolute atomic E-state index is 0.438. The maximum absolute atomic E-state index is 5.55. The topological polar surface area (TPSA) is 80.5 Å². The van der Waals surface area contributed by atoms with E-state index in [1.54, 1.807) is 6.20 Å². The number of hydrogen-bond donors (Lipinski definition) is 2. The summed E-state index contributed by atoms with van der Waals surface area (Å²) in [4.78, 5) is 8.63. The molecule has 0 aromatic carbocycles. The SMILES string of the molecule is NCc1cc(-c2n[nH]c(C3CC3)n2)ccn1. The molecule has 5 heteroatoms. The average Bonchev–Trinajstić information content (AvgIpc) is 3.07. The van der Waals surface area contributed by atoms with E-state index in [9.17, 15) is 0 Å². The second-order valence-corrected chi connectivity index (χ2v) is 4.06. The smallest absolute Gasteiger partial charge is 0.181 e. The van der Waals surface area contributed by atoms with E-state index >= 15 is 0 Å². The maximum Gasteiger partial charge on any atom is 0.181 e. The van der Waals surface area contributed by atoms with Crippen LogP contribution in [0.4, 0.5) is 0 Å². The van der Waals surface area contributed by atoms with Crippen LogP contribution in [0.25, 0.3) is 11.4 Å². The van der Waals surface area contributed by atoms with E-state index in [4.69, 9.17) is 5.73 Å². The molecule has 0 unspecified atom stereocenters. The molecule has 0 bridgehead atoms. The number of nitrogens with two attached hydrogens (primary N) is 1. The molecule has 2 aromatic rings. The van der Waals surface area contributed by atoms with E-state index in [1.165, 1.54) is 12.8 Å². The lowest BCUT2D eigenvalue weighted by atomic mass is 10.2. The Morgan fingerprint density at radius 3 is 3.06 bits per heavy atom. The van der Waals surface area contributed by atoms with Crippen LogP contribution < -0.4 is 5.73 Å². The molecule has 1 aliphatic carbocycles. The first-order chi connectivity index (χ1) is 7.86.